The second kappa shape index (κ2) is 7.88. The number of amides is 1. The minimum Gasteiger partial charge on any atom is -0.493 e. The van der Waals surface area contributed by atoms with Gasteiger partial charge in [0.25, 0.3) is 5.91 Å². The molecule has 3 N–H and O–H groups in total. The first-order valence-corrected chi connectivity index (χ1v) is 7.23. The molecule has 0 saturated heterocycles. The van der Waals surface area contributed by atoms with E-state index in [9.17, 15) is 4.79 Å². The number of ether oxygens (including phenoxy) is 2. The standard InChI is InChI=1S/C16H26N2O3/c1-10(2)9-18-16(19)12(4)21-14-7-6-13(11(3)17)8-15(14)20-5/h6-8,10-12H,9,17H2,1-5H3,(H,18,19)/t11-,12?/m1/s1. The highest BCUT2D eigenvalue weighted by Gasteiger charge is 2.17. The van der Waals surface area contributed by atoms with Crippen LogP contribution in [0.3, 0.4) is 0 Å². The molecule has 0 spiro atoms. The van der Waals surface area contributed by atoms with Crippen LogP contribution >= 0.6 is 0 Å². The SMILES string of the molecule is COc1cc([C@@H](C)N)ccc1OC(C)C(=O)NCC(C)C. The number of benzene rings is 1. The number of rotatable bonds is 7. The summed E-state index contributed by atoms with van der Waals surface area (Å²) >= 11 is 0. The van der Waals surface area contributed by atoms with Crippen molar-refractivity contribution in [3.8, 4) is 11.5 Å². The highest BCUT2D eigenvalue weighted by atomic mass is 16.5. The third-order valence-electron chi connectivity index (χ3n) is 3.07. The van der Waals surface area contributed by atoms with E-state index in [0.29, 0.717) is 24.0 Å². The van der Waals surface area contributed by atoms with E-state index in [1.807, 2.05) is 32.9 Å². The molecule has 0 heterocycles. The van der Waals surface area contributed by atoms with Crippen molar-refractivity contribution in [1.82, 2.24) is 5.32 Å². The molecule has 118 valence electrons. The van der Waals surface area contributed by atoms with E-state index in [0.717, 1.165) is 5.56 Å². The van der Waals surface area contributed by atoms with Gasteiger partial charge in [-0.05, 0) is 37.5 Å². The molecule has 0 aliphatic carbocycles. The van der Waals surface area contributed by atoms with Gasteiger partial charge in [0.05, 0.1) is 7.11 Å². The summed E-state index contributed by atoms with van der Waals surface area (Å²) in [4.78, 5) is 11.9. The van der Waals surface area contributed by atoms with Crippen LogP contribution in [0.1, 0.15) is 39.3 Å². The number of nitrogens with two attached hydrogens (primary N) is 1. The Morgan fingerprint density at radius 2 is 1.90 bits per heavy atom. The summed E-state index contributed by atoms with van der Waals surface area (Å²) in [6.45, 7) is 8.34. The van der Waals surface area contributed by atoms with E-state index in [2.05, 4.69) is 5.32 Å². The molecule has 1 unspecified atom stereocenters. The highest BCUT2D eigenvalue weighted by Crippen LogP contribution is 2.30. The zero-order chi connectivity index (χ0) is 16.0. The van der Waals surface area contributed by atoms with Crippen LogP contribution in [0, 0.1) is 5.92 Å². The van der Waals surface area contributed by atoms with Crippen molar-refractivity contribution < 1.29 is 14.3 Å². The summed E-state index contributed by atoms with van der Waals surface area (Å²) < 4.78 is 11.0. The van der Waals surface area contributed by atoms with Crippen molar-refractivity contribution in [2.45, 2.75) is 39.8 Å². The predicted octanol–water partition coefficient (Wildman–Crippen LogP) is 2.25. The number of hydrogen-bond donors (Lipinski definition) is 2. The Hall–Kier alpha value is -1.75. The van der Waals surface area contributed by atoms with E-state index in [-0.39, 0.29) is 11.9 Å². The third kappa shape index (κ3) is 5.27. The van der Waals surface area contributed by atoms with E-state index >= 15 is 0 Å². The Labute approximate surface area is 126 Å². The van der Waals surface area contributed by atoms with Crippen LogP contribution in [0.15, 0.2) is 18.2 Å². The monoisotopic (exact) mass is 294 g/mol. The normalized spacial score (nSPS) is 13.7. The van der Waals surface area contributed by atoms with Gasteiger partial charge in [0, 0.05) is 12.6 Å². The molecule has 0 bridgehead atoms. The van der Waals surface area contributed by atoms with Crippen molar-refractivity contribution >= 4 is 5.91 Å². The molecule has 0 radical (unpaired) electrons. The van der Waals surface area contributed by atoms with Gasteiger partial charge in [0.1, 0.15) is 0 Å². The molecule has 0 aliphatic rings. The predicted molar refractivity (Wildman–Crippen MR) is 83.5 cm³/mol. The number of carbonyl (C=O) groups excluding carboxylic acids is 1. The lowest BCUT2D eigenvalue weighted by Gasteiger charge is -2.18. The van der Waals surface area contributed by atoms with Crippen LogP contribution < -0.4 is 20.5 Å². The summed E-state index contributed by atoms with van der Waals surface area (Å²) in [5.41, 5.74) is 6.80. The number of methoxy groups -OCH3 is 1. The smallest absolute Gasteiger partial charge is 0.260 e. The van der Waals surface area contributed by atoms with Gasteiger partial charge in [0.2, 0.25) is 0 Å². The average Bonchev–Trinajstić information content (AvgIpc) is 2.44. The fraction of sp³-hybridized carbons (Fsp3) is 0.562. The summed E-state index contributed by atoms with van der Waals surface area (Å²) in [6, 6.07) is 5.41. The van der Waals surface area contributed by atoms with Gasteiger partial charge in [-0.3, -0.25) is 4.79 Å². The number of nitrogens with one attached hydrogen (secondary N) is 1. The molecule has 21 heavy (non-hydrogen) atoms. The minimum absolute atomic E-state index is 0.0836. The van der Waals surface area contributed by atoms with Gasteiger partial charge in [-0.15, -0.1) is 0 Å². The molecule has 0 aromatic heterocycles. The molecule has 0 saturated carbocycles. The largest absolute Gasteiger partial charge is 0.493 e. The summed E-state index contributed by atoms with van der Waals surface area (Å²) in [5.74, 6) is 1.38. The summed E-state index contributed by atoms with van der Waals surface area (Å²) in [7, 11) is 1.57. The summed E-state index contributed by atoms with van der Waals surface area (Å²) in [6.07, 6.45) is -0.584. The molecule has 1 aromatic carbocycles. The van der Waals surface area contributed by atoms with Crippen LogP contribution in [0.4, 0.5) is 0 Å². The first-order chi connectivity index (χ1) is 9.85. The minimum atomic E-state index is -0.584. The van der Waals surface area contributed by atoms with Crippen LogP contribution in [0.2, 0.25) is 0 Å². The second-order valence-corrected chi connectivity index (χ2v) is 5.60. The fourth-order valence-electron chi connectivity index (χ4n) is 1.76. The molecule has 5 heteroatoms. The Bertz CT molecular complexity index is 473. The first-order valence-electron chi connectivity index (χ1n) is 7.23. The molecule has 1 aromatic rings. The Balaban J connectivity index is 2.75. The second-order valence-electron chi connectivity index (χ2n) is 5.60. The van der Waals surface area contributed by atoms with Gasteiger partial charge in [-0.1, -0.05) is 19.9 Å². The molecule has 2 atom stereocenters. The Morgan fingerprint density at radius 1 is 1.24 bits per heavy atom. The third-order valence-corrected chi connectivity index (χ3v) is 3.07. The number of carbonyl (C=O) groups is 1. The van der Waals surface area contributed by atoms with Crippen LogP contribution in [0.25, 0.3) is 0 Å². The van der Waals surface area contributed by atoms with E-state index < -0.39 is 6.10 Å². The lowest BCUT2D eigenvalue weighted by Crippen LogP contribution is -2.38. The molecular weight excluding hydrogens is 268 g/mol. The molecule has 5 nitrogen and oxygen atoms in total. The van der Waals surface area contributed by atoms with Crippen LogP contribution in [-0.2, 0) is 4.79 Å². The lowest BCUT2D eigenvalue weighted by molar-refractivity contribution is -0.127. The summed E-state index contributed by atoms with van der Waals surface area (Å²) in [5, 5.41) is 2.84. The van der Waals surface area contributed by atoms with E-state index in [1.54, 1.807) is 20.1 Å². The van der Waals surface area contributed by atoms with Crippen molar-refractivity contribution in [3.05, 3.63) is 23.8 Å². The molecule has 1 amide bonds. The zero-order valence-electron chi connectivity index (χ0n) is 13.5. The van der Waals surface area contributed by atoms with Crippen LogP contribution in [0.5, 0.6) is 11.5 Å². The Morgan fingerprint density at radius 3 is 2.43 bits per heavy atom. The van der Waals surface area contributed by atoms with Crippen molar-refractivity contribution in [1.29, 1.82) is 0 Å². The van der Waals surface area contributed by atoms with Gasteiger partial charge >= 0.3 is 0 Å². The van der Waals surface area contributed by atoms with Crippen molar-refractivity contribution in [2.75, 3.05) is 13.7 Å². The van der Waals surface area contributed by atoms with Gasteiger partial charge in [0.15, 0.2) is 17.6 Å². The van der Waals surface area contributed by atoms with Crippen molar-refractivity contribution in [3.63, 3.8) is 0 Å². The molecule has 0 aliphatic heterocycles. The number of hydrogen-bond acceptors (Lipinski definition) is 4. The first kappa shape index (κ1) is 17.3. The fourth-order valence-corrected chi connectivity index (χ4v) is 1.76. The van der Waals surface area contributed by atoms with Gasteiger partial charge in [-0.25, -0.2) is 0 Å². The molecule has 1 rings (SSSR count). The quantitative estimate of drug-likeness (QED) is 0.809. The van der Waals surface area contributed by atoms with E-state index in [4.69, 9.17) is 15.2 Å². The van der Waals surface area contributed by atoms with Crippen LogP contribution in [-0.4, -0.2) is 25.7 Å². The maximum atomic E-state index is 11.9. The maximum absolute atomic E-state index is 11.9. The van der Waals surface area contributed by atoms with Gasteiger partial charge in [-0.2, -0.15) is 0 Å². The molecule has 0 fully saturated rings. The lowest BCUT2D eigenvalue weighted by atomic mass is 10.1. The zero-order valence-corrected chi connectivity index (χ0v) is 13.5. The average molecular weight is 294 g/mol. The topological polar surface area (TPSA) is 73.6 Å². The van der Waals surface area contributed by atoms with Crippen molar-refractivity contribution in [2.24, 2.45) is 11.7 Å². The highest BCUT2D eigenvalue weighted by molar-refractivity contribution is 5.80. The van der Waals surface area contributed by atoms with Gasteiger partial charge < -0.3 is 20.5 Å². The molecular formula is C16H26N2O3. The Kier molecular flexibility index (Phi) is 6.49. The van der Waals surface area contributed by atoms with E-state index in [1.165, 1.54) is 0 Å². The maximum Gasteiger partial charge on any atom is 0.260 e.